The smallest absolute Gasteiger partial charge is 0.475 e. The lowest BCUT2D eigenvalue weighted by Gasteiger charge is -2.47. The first-order valence-corrected chi connectivity index (χ1v) is 13.3. The fraction of sp³-hybridized carbons (Fsp3) is 0.607. The zero-order valence-electron chi connectivity index (χ0n) is 22.3. The van der Waals surface area contributed by atoms with E-state index in [0.717, 1.165) is 57.8 Å². The van der Waals surface area contributed by atoms with E-state index in [-0.39, 0.29) is 5.41 Å². The summed E-state index contributed by atoms with van der Waals surface area (Å²) in [5.74, 6) is -0.669. The minimum Gasteiger partial charge on any atom is -0.475 e. The average Bonchev–Trinajstić information content (AvgIpc) is 3.60. The summed E-state index contributed by atoms with van der Waals surface area (Å²) in [6, 6.07) is 11.1. The van der Waals surface area contributed by atoms with E-state index < -0.39 is 12.1 Å². The van der Waals surface area contributed by atoms with E-state index in [9.17, 15) is 18.0 Å². The van der Waals surface area contributed by atoms with Crippen molar-refractivity contribution in [3.8, 4) is 0 Å². The molecule has 1 saturated heterocycles. The van der Waals surface area contributed by atoms with E-state index in [4.69, 9.17) is 14.9 Å². The second-order valence-corrected chi connectivity index (χ2v) is 11.2. The number of aromatic nitrogens is 2. The number of carbonyl (C=O) groups is 2. The average molecular weight is 535 g/mol. The van der Waals surface area contributed by atoms with E-state index in [0.29, 0.717) is 17.9 Å². The van der Waals surface area contributed by atoms with Gasteiger partial charge in [0.15, 0.2) is 0 Å². The highest BCUT2D eigenvalue weighted by atomic mass is 19.4. The van der Waals surface area contributed by atoms with Gasteiger partial charge in [-0.3, -0.25) is 9.69 Å². The monoisotopic (exact) mass is 534 g/mol. The van der Waals surface area contributed by atoms with Crippen LogP contribution in [0.25, 0.3) is 0 Å². The lowest BCUT2D eigenvalue weighted by Crippen LogP contribution is -2.53. The number of carboxylic acid groups (broad SMARTS) is 1. The number of fused-ring (bicyclic) bond motifs is 2. The van der Waals surface area contributed by atoms with E-state index in [1.165, 1.54) is 29.8 Å². The van der Waals surface area contributed by atoms with Gasteiger partial charge in [-0.15, -0.1) is 0 Å². The molecule has 1 aromatic carbocycles. The van der Waals surface area contributed by atoms with Crippen molar-refractivity contribution in [2.45, 2.75) is 83.6 Å². The van der Waals surface area contributed by atoms with Crippen LogP contribution in [0.4, 0.5) is 13.2 Å². The van der Waals surface area contributed by atoms with Crippen LogP contribution >= 0.6 is 0 Å². The molecule has 1 aromatic heterocycles. The molecule has 208 valence electrons. The summed E-state index contributed by atoms with van der Waals surface area (Å²) in [5.41, 5.74) is 3.96. The van der Waals surface area contributed by atoms with Gasteiger partial charge in [0.05, 0.1) is 17.9 Å². The first-order chi connectivity index (χ1) is 17.9. The van der Waals surface area contributed by atoms with E-state index in [1.54, 1.807) is 0 Å². The quantitative estimate of drug-likeness (QED) is 0.579. The van der Waals surface area contributed by atoms with Crippen molar-refractivity contribution in [2.24, 2.45) is 5.92 Å². The molecule has 10 heteroatoms. The van der Waals surface area contributed by atoms with Gasteiger partial charge >= 0.3 is 12.1 Å². The number of amides is 1. The van der Waals surface area contributed by atoms with Crippen LogP contribution in [0.5, 0.6) is 0 Å². The van der Waals surface area contributed by atoms with Crippen LogP contribution in [-0.2, 0) is 28.1 Å². The molecule has 2 fully saturated rings. The van der Waals surface area contributed by atoms with Gasteiger partial charge in [-0.25, -0.2) is 9.78 Å². The molecule has 0 radical (unpaired) electrons. The molecule has 0 bridgehead atoms. The molecule has 1 N–H and O–H groups in total. The minimum atomic E-state index is -5.08. The summed E-state index contributed by atoms with van der Waals surface area (Å²) >= 11 is 0. The Morgan fingerprint density at radius 3 is 2.26 bits per heavy atom. The second-order valence-electron chi connectivity index (χ2n) is 11.2. The molecule has 2 aromatic rings. The Morgan fingerprint density at radius 1 is 1.13 bits per heavy atom. The molecule has 1 saturated carbocycles. The Morgan fingerprint density at radius 2 is 1.74 bits per heavy atom. The number of halogens is 3. The Kier molecular flexibility index (Phi) is 8.20. The van der Waals surface area contributed by atoms with Gasteiger partial charge in [0, 0.05) is 31.0 Å². The molecule has 1 amide bonds. The number of alkyl halides is 3. The second kappa shape index (κ2) is 11.1. The number of carboxylic acids is 1. The van der Waals surface area contributed by atoms with Crippen molar-refractivity contribution in [3.05, 3.63) is 53.1 Å². The van der Waals surface area contributed by atoms with Crippen LogP contribution in [-0.4, -0.2) is 62.1 Å². The summed E-state index contributed by atoms with van der Waals surface area (Å²) in [5, 5.41) is 7.12. The number of aryl methyl sites for hydroxylation is 1. The number of likely N-dealkylation sites (tertiary alicyclic amines) is 1. The van der Waals surface area contributed by atoms with Crippen molar-refractivity contribution < 1.29 is 27.9 Å². The number of carbonyl (C=O) groups excluding carboxylic acids is 1. The van der Waals surface area contributed by atoms with Gasteiger partial charge < -0.3 is 14.6 Å². The van der Waals surface area contributed by atoms with Crippen LogP contribution in [0, 0.1) is 12.8 Å². The van der Waals surface area contributed by atoms with Gasteiger partial charge in [-0.05, 0) is 71.0 Å². The summed E-state index contributed by atoms with van der Waals surface area (Å²) in [7, 11) is 0. The van der Waals surface area contributed by atoms with Crippen molar-refractivity contribution in [1.29, 1.82) is 0 Å². The maximum atomic E-state index is 13.2. The van der Waals surface area contributed by atoms with Gasteiger partial charge in [0.25, 0.3) is 0 Å². The Balaban J connectivity index is 0.000000426. The van der Waals surface area contributed by atoms with Crippen LogP contribution in [0.3, 0.4) is 0 Å². The standard InChI is InChI=1S/C26H36N4O.C2HF3O2/c1-19(2)30-20(3)27-25-23(30)17-29(24(31)15-21-9-10-21)18-26(25)11-13-28(14-12-26)16-22-7-5-4-6-8-22;3-2(4,5)1(6)7/h4-8,19,21H,9-18H2,1-3H3;(H,6,7). The molecular weight excluding hydrogens is 497 g/mol. The SMILES string of the molecule is Cc1nc2c(n1C(C)C)CN(C(=O)CC1CC1)CC21CCN(Cc2ccccc2)CC1.O=C(O)C(F)(F)F. The maximum Gasteiger partial charge on any atom is 0.490 e. The molecule has 2 aliphatic heterocycles. The van der Waals surface area contributed by atoms with Gasteiger partial charge in [0.1, 0.15) is 5.82 Å². The minimum absolute atomic E-state index is 0.00484. The highest BCUT2D eigenvalue weighted by Gasteiger charge is 2.46. The predicted octanol–water partition coefficient (Wildman–Crippen LogP) is 5.08. The van der Waals surface area contributed by atoms with Crippen molar-refractivity contribution in [1.82, 2.24) is 19.4 Å². The number of hydrogen-bond acceptors (Lipinski definition) is 4. The fourth-order valence-corrected chi connectivity index (χ4v) is 5.78. The number of nitrogens with zero attached hydrogens (tertiary/aromatic N) is 4. The molecule has 3 aliphatic rings. The molecule has 3 heterocycles. The molecule has 1 aliphatic carbocycles. The third-order valence-electron chi connectivity index (χ3n) is 7.86. The molecule has 1 spiro atoms. The van der Waals surface area contributed by atoms with Crippen molar-refractivity contribution in [2.75, 3.05) is 19.6 Å². The molecule has 0 atom stereocenters. The van der Waals surface area contributed by atoms with Gasteiger partial charge in [0.2, 0.25) is 5.91 Å². The zero-order chi connectivity index (χ0) is 27.7. The first-order valence-electron chi connectivity index (χ1n) is 13.3. The number of hydrogen-bond donors (Lipinski definition) is 1. The van der Waals surface area contributed by atoms with Gasteiger partial charge in [-0.1, -0.05) is 30.3 Å². The Hall–Kier alpha value is -2.88. The summed E-state index contributed by atoms with van der Waals surface area (Å²) < 4.78 is 34.1. The third-order valence-corrected chi connectivity index (χ3v) is 7.86. The van der Waals surface area contributed by atoms with Crippen LogP contribution in [0.2, 0.25) is 0 Å². The number of rotatable bonds is 5. The highest BCUT2D eigenvalue weighted by Crippen LogP contribution is 2.43. The Labute approximate surface area is 221 Å². The normalized spacial score (nSPS) is 19.2. The lowest BCUT2D eigenvalue weighted by molar-refractivity contribution is -0.192. The van der Waals surface area contributed by atoms with Crippen LogP contribution < -0.4 is 0 Å². The molecular formula is C28H37F3N4O3. The summed E-state index contributed by atoms with van der Waals surface area (Å²) in [4.78, 5) is 31.9. The largest absolute Gasteiger partial charge is 0.490 e. The van der Waals surface area contributed by atoms with Crippen LogP contribution in [0.15, 0.2) is 30.3 Å². The van der Waals surface area contributed by atoms with E-state index >= 15 is 0 Å². The lowest BCUT2D eigenvalue weighted by atomic mass is 9.72. The molecule has 38 heavy (non-hydrogen) atoms. The van der Waals surface area contributed by atoms with Crippen LogP contribution in [0.1, 0.15) is 74.8 Å². The molecule has 7 nitrogen and oxygen atoms in total. The topological polar surface area (TPSA) is 78.7 Å². The first kappa shape index (κ1) is 28.1. The number of piperidine rings is 1. The number of aliphatic carboxylic acids is 1. The van der Waals surface area contributed by atoms with Crippen molar-refractivity contribution >= 4 is 11.9 Å². The molecule has 5 rings (SSSR count). The maximum absolute atomic E-state index is 13.2. The fourth-order valence-electron chi connectivity index (χ4n) is 5.78. The highest BCUT2D eigenvalue weighted by molar-refractivity contribution is 5.77. The third kappa shape index (κ3) is 6.39. The number of imidazole rings is 1. The summed E-state index contributed by atoms with van der Waals surface area (Å²) in [6.07, 6.45) is 0.268. The van der Waals surface area contributed by atoms with Gasteiger partial charge in [-0.2, -0.15) is 13.2 Å². The number of benzene rings is 1. The van der Waals surface area contributed by atoms with E-state index in [1.807, 2.05) is 0 Å². The zero-order valence-corrected chi connectivity index (χ0v) is 22.3. The van der Waals surface area contributed by atoms with E-state index in [2.05, 4.69) is 65.5 Å². The predicted molar refractivity (Wildman–Crippen MR) is 136 cm³/mol. The molecule has 0 unspecified atom stereocenters. The Bertz CT molecular complexity index is 1130. The van der Waals surface area contributed by atoms with Crippen molar-refractivity contribution in [3.63, 3.8) is 0 Å². The summed E-state index contributed by atoms with van der Waals surface area (Å²) in [6.45, 7) is 11.3.